The predicted octanol–water partition coefficient (Wildman–Crippen LogP) is 3.26. The van der Waals surface area contributed by atoms with Gasteiger partial charge in [0.2, 0.25) is 5.91 Å². The SMILES string of the molecule is CCCN(CC(=O)c1cc(Br)sc1Br)CC(=O)N(C)C. The minimum absolute atomic E-state index is 0.0109. The molecule has 1 amide bonds. The summed E-state index contributed by atoms with van der Waals surface area (Å²) in [5.41, 5.74) is 0.667. The van der Waals surface area contributed by atoms with Crippen LogP contribution in [0.15, 0.2) is 13.6 Å². The standard InChI is InChI=1S/C13H18Br2N2O2S/c1-4-5-17(8-12(19)16(2)3)7-10(18)9-6-11(14)20-13(9)15/h6H,4-5,7-8H2,1-3H3. The van der Waals surface area contributed by atoms with Gasteiger partial charge in [0.05, 0.1) is 20.7 Å². The Morgan fingerprint density at radius 2 is 1.90 bits per heavy atom. The van der Waals surface area contributed by atoms with E-state index in [9.17, 15) is 9.59 Å². The van der Waals surface area contributed by atoms with Crippen molar-refractivity contribution in [2.45, 2.75) is 13.3 Å². The van der Waals surface area contributed by atoms with Crippen molar-refractivity contribution >= 4 is 54.9 Å². The zero-order valence-corrected chi connectivity index (χ0v) is 15.8. The molecule has 0 saturated heterocycles. The fraction of sp³-hybridized carbons (Fsp3) is 0.538. The summed E-state index contributed by atoms with van der Waals surface area (Å²) in [6.07, 6.45) is 0.905. The highest BCUT2D eigenvalue weighted by Crippen LogP contribution is 2.32. The summed E-state index contributed by atoms with van der Waals surface area (Å²) in [7, 11) is 3.45. The number of rotatable bonds is 7. The van der Waals surface area contributed by atoms with Gasteiger partial charge in [-0.3, -0.25) is 14.5 Å². The first-order valence-electron chi connectivity index (χ1n) is 6.25. The molecule has 0 aliphatic rings. The molecule has 4 nitrogen and oxygen atoms in total. The van der Waals surface area contributed by atoms with E-state index in [-0.39, 0.29) is 24.8 Å². The van der Waals surface area contributed by atoms with Gasteiger partial charge in [-0.1, -0.05) is 6.92 Å². The highest BCUT2D eigenvalue weighted by molar-refractivity contribution is 9.12. The molecule has 0 saturated carbocycles. The molecule has 1 aromatic heterocycles. The number of Topliss-reactive ketones (excluding diaryl/α,β-unsaturated/α-hetero) is 1. The van der Waals surface area contributed by atoms with E-state index < -0.39 is 0 Å². The fourth-order valence-corrected chi connectivity index (χ4v) is 4.54. The molecule has 0 bridgehead atoms. The maximum Gasteiger partial charge on any atom is 0.236 e. The molecule has 0 radical (unpaired) electrons. The monoisotopic (exact) mass is 424 g/mol. The number of thiophene rings is 1. The third-order valence-electron chi connectivity index (χ3n) is 2.72. The van der Waals surface area contributed by atoms with E-state index in [0.717, 1.165) is 20.5 Å². The van der Waals surface area contributed by atoms with Crippen molar-refractivity contribution in [1.29, 1.82) is 0 Å². The van der Waals surface area contributed by atoms with Crippen molar-refractivity contribution < 1.29 is 9.59 Å². The van der Waals surface area contributed by atoms with Crippen LogP contribution in [0.3, 0.4) is 0 Å². The van der Waals surface area contributed by atoms with Crippen LogP contribution in [0, 0.1) is 0 Å². The van der Waals surface area contributed by atoms with Crippen molar-refractivity contribution in [3.05, 3.63) is 19.2 Å². The molecule has 112 valence electrons. The van der Waals surface area contributed by atoms with Gasteiger partial charge in [-0.25, -0.2) is 0 Å². The summed E-state index contributed by atoms with van der Waals surface area (Å²) >= 11 is 8.24. The van der Waals surface area contributed by atoms with Gasteiger partial charge in [-0.2, -0.15) is 0 Å². The van der Waals surface area contributed by atoms with Crippen molar-refractivity contribution in [2.75, 3.05) is 33.7 Å². The van der Waals surface area contributed by atoms with E-state index in [4.69, 9.17) is 0 Å². The fourth-order valence-electron chi connectivity index (χ4n) is 1.68. The average Bonchev–Trinajstić information content (AvgIpc) is 2.68. The van der Waals surface area contributed by atoms with Crippen LogP contribution in [0.2, 0.25) is 0 Å². The van der Waals surface area contributed by atoms with E-state index in [1.165, 1.54) is 11.3 Å². The first-order valence-corrected chi connectivity index (χ1v) is 8.66. The topological polar surface area (TPSA) is 40.6 Å². The van der Waals surface area contributed by atoms with Gasteiger partial charge < -0.3 is 4.90 Å². The van der Waals surface area contributed by atoms with E-state index in [1.54, 1.807) is 19.0 Å². The molecule has 0 spiro atoms. The first-order chi connectivity index (χ1) is 9.35. The third-order valence-corrected chi connectivity index (χ3v) is 5.06. The quantitative estimate of drug-likeness (QED) is 0.629. The normalized spacial score (nSPS) is 10.9. The van der Waals surface area contributed by atoms with Gasteiger partial charge in [0.15, 0.2) is 5.78 Å². The van der Waals surface area contributed by atoms with Gasteiger partial charge in [-0.05, 0) is 50.9 Å². The number of carbonyl (C=O) groups is 2. The van der Waals surface area contributed by atoms with Gasteiger partial charge >= 0.3 is 0 Å². The Morgan fingerprint density at radius 3 is 2.35 bits per heavy atom. The molecule has 1 aromatic rings. The van der Waals surface area contributed by atoms with Crippen LogP contribution in [0.25, 0.3) is 0 Å². The molecule has 0 fully saturated rings. The molecule has 1 rings (SSSR count). The van der Waals surface area contributed by atoms with E-state index in [2.05, 4.69) is 31.9 Å². The number of amides is 1. The van der Waals surface area contributed by atoms with Crippen LogP contribution in [0.4, 0.5) is 0 Å². The Hall–Kier alpha value is -0.240. The highest BCUT2D eigenvalue weighted by Gasteiger charge is 2.19. The van der Waals surface area contributed by atoms with Crippen LogP contribution >= 0.6 is 43.2 Å². The van der Waals surface area contributed by atoms with Gasteiger partial charge in [0, 0.05) is 19.7 Å². The summed E-state index contributed by atoms with van der Waals surface area (Å²) < 4.78 is 1.74. The number of halogens is 2. The zero-order chi connectivity index (χ0) is 15.3. The Labute approximate surface area is 140 Å². The lowest BCUT2D eigenvalue weighted by Gasteiger charge is -2.22. The number of likely N-dealkylation sites (N-methyl/N-ethyl adjacent to an activating group) is 1. The second kappa shape index (κ2) is 8.26. The molecular weight excluding hydrogens is 408 g/mol. The minimum Gasteiger partial charge on any atom is -0.348 e. The largest absolute Gasteiger partial charge is 0.348 e. The Morgan fingerprint density at radius 1 is 1.25 bits per heavy atom. The Kier molecular flexibility index (Phi) is 7.36. The van der Waals surface area contributed by atoms with Crippen LogP contribution in [-0.4, -0.2) is 55.2 Å². The molecule has 0 atom stereocenters. The smallest absolute Gasteiger partial charge is 0.236 e. The maximum absolute atomic E-state index is 12.3. The molecule has 20 heavy (non-hydrogen) atoms. The second-order valence-electron chi connectivity index (χ2n) is 4.66. The summed E-state index contributed by atoms with van der Waals surface area (Å²) in [4.78, 5) is 27.5. The number of nitrogens with zero attached hydrogens (tertiary/aromatic N) is 2. The maximum atomic E-state index is 12.3. The van der Waals surface area contributed by atoms with E-state index >= 15 is 0 Å². The Balaban J connectivity index is 2.72. The predicted molar refractivity (Wildman–Crippen MR) is 89.5 cm³/mol. The van der Waals surface area contributed by atoms with Gasteiger partial charge in [0.25, 0.3) is 0 Å². The van der Waals surface area contributed by atoms with Crippen LogP contribution in [0.5, 0.6) is 0 Å². The molecular formula is C13H18Br2N2O2S. The molecule has 0 unspecified atom stereocenters. The highest BCUT2D eigenvalue weighted by atomic mass is 79.9. The summed E-state index contributed by atoms with van der Waals surface area (Å²) in [6.45, 7) is 3.30. The Bertz CT molecular complexity index is 489. The van der Waals surface area contributed by atoms with Crippen LogP contribution in [0.1, 0.15) is 23.7 Å². The number of hydrogen-bond acceptors (Lipinski definition) is 4. The summed E-state index contributed by atoms with van der Waals surface area (Å²) in [5.74, 6) is 0.0376. The lowest BCUT2D eigenvalue weighted by atomic mass is 10.2. The molecule has 0 aliphatic carbocycles. The number of carbonyl (C=O) groups excluding carboxylic acids is 2. The second-order valence-corrected chi connectivity index (χ2v) is 8.41. The van der Waals surface area contributed by atoms with Gasteiger partial charge in [0.1, 0.15) is 0 Å². The molecule has 0 aliphatic heterocycles. The van der Waals surface area contributed by atoms with Crippen molar-refractivity contribution in [3.8, 4) is 0 Å². The van der Waals surface area contributed by atoms with Crippen molar-refractivity contribution in [2.24, 2.45) is 0 Å². The van der Waals surface area contributed by atoms with E-state index in [0.29, 0.717) is 5.56 Å². The number of hydrogen-bond donors (Lipinski definition) is 0. The van der Waals surface area contributed by atoms with Crippen LogP contribution in [-0.2, 0) is 4.79 Å². The summed E-state index contributed by atoms with van der Waals surface area (Å²) in [6, 6.07) is 1.81. The van der Waals surface area contributed by atoms with Crippen molar-refractivity contribution in [3.63, 3.8) is 0 Å². The van der Waals surface area contributed by atoms with E-state index in [1.807, 2.05) is 17.9 Å². The molecule has 1 heterocycles. The first kappa shape index (κ1) is 17.8. The van der Waals surface area contributed by atoms with Gasteiger partial charge in [-0.15, -0.1) is 11.3 Å². The average molecular weight is 426 g/mol. The molecule has 0 aromatic carbocycles. The lowest BCUT2D eigenvalue weighted by molar-refractivity contribution is -0.129. The zero-order valence-electron chi connectivity index (χ0n) is 11.8. The third kappa shape index (κ3) is 5.27. The molecule has 7 heteroatoms. The lowest BCUT2D eigenvalue weighted by Crippen LogP contribution is -2.39. The minimum atomic E-state index is 0.0109. The molecule has 0 N–H and O–H groups in total. The summed E-state index contributed by atoms with van der Waals surface area (Å²) in [5, 5.41) is 0. The van der Waals surface area contributed by atoms with Crippen LogP contribution < -0.4 is 0 Å². The van der Waals surface area contributed by atoms with Crippen molar-refractivity contribution in [1.82, 2.24) is 9.80 Å². The number of ketones is 1.